The van der Waals surface area contributed by atoms with Crippen molar-refractivity contribution in [3.05, 3.63) is 0 Å². The zero-order valence-corrected chi connectivity index (χ0v) is 9.71. The predicted octanol–water partition coefficient (Wildman–Crippen LogP) is 2.70. The minimum absolute atomic E-state index is 0.666. The molecule has 0 aromatic carbocycles. The molecular formula is C13H22N2. The lowest BCUT2D eigenvalue weighted by Gasteiger charge is -2.28. The van der Waals surface area contributed by atoms with E-state index in [-0.39, 0.29) is 0 Å². The van der Waals surface area contributed by atoms with Crippen LogP contribution >= 0.6 is 0 Å². The number of nitrogens with zero attached hydrogens (tertiary/aromatic N) is 1. The van der Waals surface area contributed by atoms with Gasteiger partial charge in [0.05, 0.1) is 6.07 Å². The molecule has 2 nitrogen and oxygen atoms in total. The van der Waals surface area contributed by atoms with Crippen molar-refractivity contribution in [2.75, 3.05) is 6.54 Å². The van der Waals surface area contributed by atoms with Crippen LogP contribution in [0.2, 0.25) is 0 Å². The summed E-state index contributed by atoms with van der Waals surface area (Å²) in [5, 5.41) is 12.0. The minimum Gasteiger partial charge on any atom is -0.314 e. The second kappa shape index (κ2) is 4.99. The van der Waals surface area contributed by atoms with Crippen molar-refractivity contribution in [1.82, 2.24) is 5.32 Å². The first-order valence-corrected chi connectivity index (χ1v) is 6.41. The summed E-state index contributed by atoms with van der Waals surface area (Å²) in [7, 11) is 0. The van der Waals surface area contributed by atoms with Crippen molar-refractivity contribution in [1.29, 1.82) is 5.26 Å². The lowest BCUT2D eigenvalue weighted by molar-refractivity contribution is 0.260. The molecule has 2 heteroatoms. The summed E-state index contributed by atoms with van der Waals surface area (Å²) in [6.07, 6.45) is 7.60. The molecule has 4 atom stereocenters. The van der Waals surface area contributed by atoms with E-state index in [2.05, 4.69) is 18.3 Å². The van der Waals surface area contributed by atoms with Crippen LogP contribution in [-0.4, -0.2) is 12.6 Å². The topological polar surface area (TPSA) is 35.8 Å². The Kier molecular flexibility index (Phi) is 3.64. The summed E-state index contributed by atoms with van der Waals surface area (Å²) >= 11 is 0. The van der Waals surface area contributed by atoms with Crippen LogP contribution < -0.4 is 5.32 Å². The number of nitrogens with one attached hydrogen (secondary N) is 1. The molecule has 2 rings (SSSR count). The van der Waals surface area contributed by atoms with Gasteiger partial charge in [0, 0.05) is 12.5 Å². The molecule has 0 aromatic heterocycles. The summed E-state index contributed by atoms with van der Waals surface area (Å²) in [4.78, 5) is 0. The van der Waals surface area contributed by atoms with Crippen LogP contribution in [0.5, 0.6) is 0 Å². The van der Waals surface area contributed by atoms with Gasteiger partial charge in [-0.15, -0.1) is 0 Å². The third-order valence-electron chi connectivity index (χ3n) is 4.37. The summed E-state index contributed by atoms with van der Waals surface area (Å²) < 4.78 is 0. The SMILES string of the molecule is CC(NCCCC#N)C1CC2CCC1C2. The van der Waals surface area contributed by atoms with Gasteiger partial charge in [-0.3, -0.25) is 0 Å². The molecule has 84 valence electrons. The highest BCUT2D eigenvalue weighted by Crippen LogP contribution is 2.49. The Bertz CT molecular complexity index is 243. The molecule has 0 aromatic rings. The number of hydrogen-bond acceptors (Lipinski definition) is 2. The van der Waals surface area contributed by atoms with Gasteiger partial charge in [0.25, 0.3) is 0 Å². The van der Waals surface area contributed by atoms with Crippen molar-refractivity contribution >= 4 is 0 Å². The average Bonchev–Trinajstić information content (AvgIpc) is 2.85. The van der Waals surface area contributed by atoms with E-state index in [9.17, 15) is 0 Å². The predicted molar refractivity (Wildman–Crippen MR) is 61.2 cm³/mol. The van der Waals surface area contributed by atoms with Gasteiger partial charge < -0.3 is 5.32 Å². The highest BCUT2D eigenvalue weighted by atomic mass is 14.9. The Morgan fingerprint density at radius 3 is 2.87 bits per heavy atom. The molecule has 4 unspecified atom stereocenters. The third kappa shape index (κ3) is 2.52. The maximum Gasteiger partial charge on any atom is 0.0622 e. The maximum absolute atomic E-state index is 8.45. The maximum atomic E-state index is 8.45. The molecule has 2 aliphatic carbocycles. The van der Waals surface area contributed by atoms with Crippen LogP contribution in [0.1, 0.15) is 45.4 Å². The molecule has 2 saturated carbocycles. The summed E-state index contributed by atoms with van der Waals surface area (Å²) in [5.41, 5.74) is 0. The average molecular weight is 206 g/mol. The van der Waals surface area contributed by atoms with Gasteiger partial charge in [0.1, 0.15) is 0 Å². The van der Waals surface area contributed by atoms with Crippen LogP contribution in [0.25, 0.3) is 0 Å². The van der Waals surface area contributed by atoms with Crippen molar-refractivity contribution in [3.8, 4) is 6.07 Å². The quantitative estimate of drug-likeness (QED) is 0.702. The van der Waals surface area contributed by atoms with E-state index in [1.807, 2.05) is 0 Å². The standard InChI is InChI=1S/C13H22N2/c1-10(15-7-3-2-6-14)13-9-11-4-5-12(13)8-11/h10-13,15H,2-5,7-9H2,1H3. The van der Waals surface area contributed by atoms with Gasteiger partial charge in [-0.25, -0.2) is 0 Å². The fourth-order valence-electron chi connectivity index (χ4n) is 3.55. The molecule has 0 radical (unpaired) electrons. The highest BCUT2D eigenvalue weighted by Gasteiger charge is 2.41. The van der Waals surface area contributed by atoms with Crippen molar-refractivity contribution < 1.29 is 0 Å². The van der Waals surface area contributed by atoms with E-state index in [4.69, 9.17) is 5.26 Å². The lowest BCUT2D eigenvalue weighted by Crippen LogP contribution is -2.36. The zero-order valence-electron chi connectivity index (χ0n) is 9.71. The van der Waals surface area contributed by atoms with Gasteiger partial charge in [0.15, 0.2) is 0 Å². The lowest BCUT2D eigenvalue weighted by atomic mass is 9.84. The molecule has 0 saturated heterocycles. The number of hydrogen-bond donors (Lipinski definition) is 1. The Balaban J connectivity index is 1.68. The van der Waals surface area contributed by atoms with E-state index >= 15 is 0 Å². The number of unbranched alkanes of at least 4 members (excludes halogenated alkanes) is 1. The zero-order chi connectivity index (χ0) is 10.7. The molecule has 0 heterocycles. The fourth-order valence-corrected chi connectivity index (χ4v) is 3.55. The molecule has 1 N–H and O–H groups in total. The molecule has 0 amide bonds. The molecule has 2 aliphatic rings. The van der Waals surface area contributed by atoms with Crippen LogP contribution in [0.15, 0.2) is 0 Å². The first kappa shape index (κ1) is 11.0. The van der Waals surface area contributed by atoms with E-state index in [1.54, 1.807) is 0 Å². The molecule has 2 bridgehead atoms. The number of fused-ring (bicyclic) bond motifs is 2. The fraction of sp³-hybridized carbons (Fsp3) is 0.923. The van der Waals surface area contributed by atoms with Gasteiger partial charge >= 0.3 is 0 Å². The molecular weight excluding hydrogens is 184 g/mol. The van der Waals surface area contributed by atoms with Crippen LogP contribution in [0.3, 0.4) is 0 Å². The van der Waals surface area contributed by atoms with Gasteiger partial charge in [-0.2, -0.15) is 5.26 Å². The Morgan fingerprint density at radius 1 is 1.40 bits per heavy atom. The second-order valence-corrected chi connectivity index (χ2v) is 5.34. The minimum atomic E-state index is 0.666. The van der Waals surface area contributed by atoms with Crippen molar-refractivity contribution in [2.24, 2.45) is 17.8 Å². The molecule has 15 heavy (non-hydrogen) atoms. The molecule has 0 spiro atoms. The van der Waals surface area contributed by atoms with Gasteiger partial charge in [-0.1, -0.05) is 6.42 Å². The Hall–Kier alpha value is -0.550. The highest BCUT2D eigenvalue weighted by molar-refractivity contribution is 4.93. The van der Waals surface area contributed by atoms with Crippen molar-refractivity contribution in [2.45, 2.75) is 51.5 Å². The Morgan fingerprint density at radius 2 is 2.27 bits per heavy atom. The normalized spacial score (nSPS) is 35.3. The number of rotatable bonds is 5. The summed E-state index contributed by atoms with van der Waals surface area (Å²) in [6, 6.07) is 2.86. The summed E-state index contributed by atoms with van der Waals surface area (Å²) in [6.45, 7) is 3.35. The van der Waals surface area contributed by atoms with Crippen LogP contribution in [-0.2, 0) is 0 Å². The van der Waals surface area contributed by atoms with Crippen molar-refractivity contribution in [3.63, 3.8) is 0 Å². The molecule has 0 aliphatic heterocycles. The number of nitriles is 1. The first-order valence-electron chi connectivity index (χ1n) is 6.41. The van der Waals surface area contributed by atoms with E-state index in [0.717, 1.165) is 30.7 Å². The van der Waals surface area contributed by atoms with Crippen LogP contribution in [0, 0.1) is 29.1 Å². The monoisotopic (exact) mass is 206 g/mol. The summed E-state index contributed by atoms with van der Waals surface area (Å²) in [5.74, 6) is 2.97. The van der Waals surface area contributed by atoms with Gasteiger partial charge in [-0.05, 0) is 56.9 Å². The van der Waals surface area contributed by atoms with E-state index in [0.29, 0.717) is 12.5 Å². The molecule has 2 fully saturated rings. The largest absolute Gasteiger partial charge is 0.314 e. The second-order valence-electron chi connectivity index (χ2n) is 5.34. The van der Waals surface area contributed by atoms with E-state index in [1.165, 1.54) is 25.7 Å². The third-order valence-corrected chi connectivity index (χ3v) is 4.37. The van der Waals surface area contributed by atoms with Gasteiger partial charge in [0.2, 0.25) is 0 Å². The smallest absolute Gasteiger partial charge is 0.0622 e. The van der Waals surface area contributed by atoms with Crippen LogP contribution in [0.4, 0.5) is 0 Å². The first-order chi connectivity index (χ1) is 7.31. The Labute approximate surface area is 93.0 Å². The van der Waals surface area contributed by atoms with E-state index < -0.39 is 0 Å².